The lowest BCUT2D eigenvalue weighted by atomic mass is 9.91. The lowest BCUT2D eigenvalue weighted by Crippen LogP contribution is -2.41. The molecule has 0 aromatic heterocycles. The first-order valence-electron chi connectivity index (χ1n) is 6.68. The van der Waals surface area contributed by atoms with Crippen LogP contribution in [0.3, 0.4) is 0 Å². The molecular formula is C13H26BrN. The van der Waals surface area contributed by atoms with Crippen LogP contribution < -0.4 is 0 Å². The van der Waals surface area contributed by atoms with E-state index in [0.717, 1.165) is 11.4 Å². The first-order chi connectivity index (χ1) is 7.38. The summed E-state index contributed by atoms with van der Waals surface area (Å²) in [6, 6.07) is 0.925. The van der Waals surface area contributed by atoms with Crippen LogP contribution in [0.4, 0.5) is 0 Å². The molecule has 0 bridgehead atoms. The van der Waals surface area contributed by atoms with Gasteiger partial charge in [0.25, 0.3) is 0 Å². The summed E-state index contributed by atoms with van der Waals surface area (Å²) in [5, 5.41) is 1.14. The largest absolute Gasteiger partial charge is 0.300 e. The molecule has 2 heteroatoms. The van der Waals surface area contributed by atoms with E-state index in [0.29, 0.717) is 0 Å². The highest BCUT2D eigenvalue weighted by molar-refractivity contribution is 9.09. The molecule has 0 aromatic carbocycles. The molecule has 0 amide bonds. The average Bonchev–Trinajstić information content (AvgIpc) is 2.15. The first-order valence-corrected chi connectivity index (χ1v) is 7.80. The number of hydrogen-bond acceptors (Lipinski definition) is 1. The van der Waals surface area contributed by atoms with Gasteiger partial charge in [-0.1, -0.05) is 55.0 Å². The van der Waals surface area contributed by atoms with Crippen molar-refractivity contribution in [2.24, 2.45) is 0 Å². The van der Waals surface area contributed by atoms with E-state index in [4.69, 9.17) is 0 Å². The van der Waals surface area contributed by atoms with E-state index in [-0.39, 0.29) is 0 Å². The van der Waals surface area contributed by atoms with E-state index in [9.17, 15) is 0 Å². The minimum Gasteiger partial charge on any atom is -0.300 e. The minimum absolute atomic E-state index is 0.925. The van der Waals surface area contributed by atoms with Gasteiger partial charge in [0.1, 0.15) is 0 Å². The highest BCUT2D eigenvalue weighted by Crippen LogP contribution is 2.25. The topological polar surface area (TPSA) is 3.24 Å². The summed E-state index contributed by atoms with van der Waals surface area (Å²) in [7, 11) is 0. The second-order valence-corrected chi connectivity index (χ2v) is 5.52. The van der Waals surface area contributed by atoms with Gasteiger partial charge in [0.2, 0.25) is 0 Å². The second kappa shape index (κ2) is 8.58. The SMILES string of the molecule is CCCCCCCN(CCBr)C1CCC1. The van der Waals surface area contributed by atoms with Crippen molar-refractivity contribution >= 4 is 15.9 Å². The molecular weight excluding hydrogens is 250 g/mol. The Morgan fingerprint density at radius 3 is 2.33 bits per heavy atom. The lowest BCUT2D eigenvalue weighted by molar-refractivity contribution is 0.133. The Kier molecular flexibility index (Phi) is 7.72. The van der Waals surface area contributed by atoms with Gasteiger partial charge in [-0.05, 0) is 25.8 Å². The van der Waals surface area contributed by atoms with Crippen LogP contribution in [-0.2, 0) is 0 Å². The monoisotopic (exact) mass is 275 g/mol. The molecule has 0 N–H and O–H groups in total. The highest BCUT2D eigenvalue weighted by atomic mass is 79.9. The van der Waals surface area contributed by atoms with E-state index in [2.05, 4.69) is 27.8 Å². The smallest absolute Gasteiger partial charge is 0.0159 e. The van der Waals surface area contributed by atoms with Gasteiger partial charge in [0.15, 0.2) is 0 Å². The van der Waals surface area contributed by atoms with Crippen LogP contribution in [0, 0.1) is 0 Å². The van der Waals surface area contributed by atoms with Crippen LogP contribution in [0.1, 0.15) is 58.3 Å². The Bertz CT molecular complexity index is 145. The molecule has 15 heavy (non-hydrogen) atoms. The standard InChI is InChI=1S/C13H26BrN/c1-2-3-4-5-6-11-15(12-10-14)13-8-7-9-13/h13H,2-12H2,1H3. The molecule has 0 radical (unpaired) electrons. The van der Waals surface area contributed by atoms with Crippen LogP contribution in [0.2, 0.25) is 0 Å². The van der Waals surface area contributed by atoms with Crippen LogP contribution in [0.25, 0.3) is 0 Å². The van der Waals surface area contributed by atoms with Crippen LogP contribution in [0.15, 0.2) is 0 Å². The van der Waals surface area contributed by atoms with Crippen LogP contribution >= 0.6 is 15.9 Å². The number of alkyl halides is 1. The fourth-order valence-corrected chi connectivity index (χ4v) is 2.71. The minimum atomic E-state index is 0.925. The quantitative estimate of drug-likeness (QED) is 0.450. The van der Waals surface area contributed by atoms with E-state index < -0.39 is 0 Å². The van der Waals surface area contributed by atoms with Gasteiger partial charge >= 0.3 is 0 Å². The van der Waals surface area contributed by atoms with Gasteiger partial charge in [0.05, 0.1) is 0 Å². The molecule has 90 valence electrons. The van der Waals surface area contributed by atoms with Crippen molar-refractivity contribution in [1.29, 1.82) is 0 Å². The Labute approximate surface area is 104 Å². The molecule has 1 fully saturated rings. The van der Waals surface area contributed by atoms with Gasteiger partial charge in [0, 0.05) is 17.9 Å². The summed E-state index contributed by atoms with van der Waals surface area (Å²) < 4.78 is 0. The highest BCUT2D eigenvalue weighted by Gasteiger charge is 2.23. The van der Waals surface area contributed by atoms with Crippen LogP contribution in [0.5, 0.6) is 0 Å². The fraction of sp³-hybridized carbons (Fsp3) is 1.00. The van der Waals surface area contributed by atoms with Gasteiger partial charge in [-0.15, -0.1) is 0 Å². The predicted octanol–water partition coefficient (Wildman–Crippen LogP) is 4.21. The zero-order chi connectivity index (χ0) is 10.9. The van der Waals surface area contributed by atoms with Crippen molar-refractivity contribution in [3.63, 3.8) is 0 Å². The van der Waals surface area contributed by atoms with E-state index in [1.165, 1.54) is 64.5 Å². The normalized spacial score (nSPS) is 17.0. The van der Waals surface area contributed by atoms with Gasteiger partial charge in [-0.3, -0.25) is 4.90 Å². The Morgan fingerprint density at radius 1 is 1.07 bits per heavy atom. The molecule has 0 aliphatic heterocycles. The molecule has 0 heterocycles. The summed E-state index contributed by atoms with van der Waals surface area (Å²) in [6.45, 7) is 4.87. The first kappa shape index (κ1) is 13.5. The van der Waals surface area contributed by atoms with Crippen molar-refractivity contribution in [3.8, 4) is 0 Å². The maximum atomic E-state index is 3.56. The Balaban J connectivity index is 2.03. The molecule has 1 rings (SSSR count). The van der Waals surface area contributed by atoms with E-state index in [1.807, 2.05) is 0 Å². The molecule has 0 aromatic rings. The predicted molar refractivity (Wildman–Crippen MR) is 71.8 cm³/mol. The zero-order valence-corrected chi connectivity index (χ0v) is 11.8. The molecule has 0 unspecified atom stereocenters. The zero-order valence-electron chi connectivity index (χ0n) is 10.2. The molecule has 1 saturated carbocycles. The van der Waals surface area contributed by atoms with Gasteiger partial charge in [-0.25, -0.2) is 0 Å². The van der Waals surface area contributed by atoms with Crippen molar-refractivity contribution in [2.75, 3.05) is 18.4 Å². The van der Waals surface area contributed by atoms with Crippen molar-refractivity contribution in [1.82, 2.24) is 4.90 Å². The number of hydrogen-bond donors (Lipinski definition) is 0. The average molecular weight is 276 g/mol. The van der Waals surface area contributed by atoms with Crippen molar-refractivity contribution < 1.29 is 0 Å². The summed E-state index contributed by atoms with van der Waals surface area (Å²) in [5.74, 6) is 0. The number of halogens is 1. The van der Waals surface area contributed by atoms with Crippen molar-refractivity contribution in [3.05, 3.63) is 0 Å². The lowest BCUT2D eigenvalue weighted by Gasteiger charge is -2.37. The molecule has 0 atom stereocenters. The maximum absolute atomic E-state index is 3.56. The van der Waals surface area contributed by atoms with Gasteiger partial charge < -0.3 is 0 Å². The second-order valence-electron chi connectivity index (χ2n) is 4.72. The molecule has 0 spiro atoms. The van der Waals surface area contributed by atoms with E-state index >= 15 is 0 Å². The van der Waals surface area contributed by atoms with E-state index in [1.54, 1.807) is 0 Å². The third-order valence-electron chi connectivity index (χ3n) is 3.51. The fourth-order valence-electron chi connectivity index (χ4n) is 2.26. The summed E-state index contributed by atoms with van der Waals surface area (Å²) in [4.78, 5) is 2.70. The number of unbranched alkanes of at least 4 members (excludes halogenated alkanes) is 4. The summed E-state index contributed by atoms with van der Waals surface area (Å²) in [5.41, 5.74) is 0. The van der Waals surface area contributed by atoms with Crippen LogP contribution in [-0.4, -0.2) is 29.4 Å². The molecule has 1 nitrogen and oxygen atoms in total. The summed E-state index contributed by atoms with van der Waals surface area (Å²) >= 11 is 3.56. The maximum Gasteiger partial charge on any atom is 0.0159 e. The Morgan fingerprint density at radius 2 is 1.80 bits per heavy atom. The molecule has 1 aliphatic carbocycles. The number of nitrogens with zero attached hydrogens (tertiary/aromatic N) is 1. The number of rotatable bonds is 9. The van der Waals surface area contributed by atoms with Gasteiger partial charge in [-0.2, -0.15) is 0 Å². The summed E-state index contributed by atoms with van der Waals surface area (Å²) in [6.07, 6.45) is 11.4. The molecule has 0 saturated heterocycles. The third kappa shape index (κ3) is 5.35. The molecule has 1 aliphatic rings. The Hall–Kier alpha value is 0.440. The third-order valence-corrected chi connectivity index (χ3v) is 3.87. The van der Waals surface area contributed by atoms with Crippen molar-refractivity contribution in [2.45, 2.75) is 64.3 Å².